The van der Waals surface area contributed by atoms with Crippen molar-refractivity contribution in [3.63, 3.8) is 0 Å². The lowest BCUT2D eigenvalue weighted by atomic mass is 10.00. The molecule has 1 aliphatic rings. The van der Waals surface area contributed by atoms with Gasteiger partial charge in [-0.1, -0.05) is 18.6 Å². The monoisotopic (exact) mass is 386 g/mol. The van der Waals surface area contributed by atoms with Crippen molar-refractivity contribution < 1.29 is 4.79 Å². The summed E-state index contributed by atoms with van der Waals surface area (Å²) in [5.74, 6) is 1.32. The van der Waals surface area contributed by atoms with Crippen LogP contribution in [0.25, 0.3) is 11.0 Å². The molecule has 7 heteroatoms. The first-order valence-corrected chi connectivity index (χ1v) is 8.60. The van der Waals surface area contributed by atoms with Crippen molar-refractivity contribution in [1.29, 1.82) is 0 Å². The summed E-state index contributed by atoms with van der Waals surface area (Å²) in [6.07, 6.45) is 3.77. The third-order valence-electron chi connectivity index (χ3n) is 4.93. The minimum atomic E-state index is -0.104. The number of hydrogen-bond acceptors (Lipinski definition) is 3. The van der Waals surface area contributed by atoms with Crippen molar-refractivity contribution in [2.75, 3.05) is 0 Å². The number of carbonyl (C=O) groups excluding carboxylic acids is 1. The fourth-order valence-electron chi connectivity index (χ4n) is 3.68. The fraction of sp³-hybridized carbons (Fsp3) is 0.556. The molecule has 3 atom stereocenters. The van der Waals surface area contributed by atoms with E-state index in [1.165, 1.54) is 0 Å². The number of nitrogens with two attached hydrogens (primary N) is 1. The number of carbonyl (C=O) groups is 1. The van der Waals surface area contributed by atoms with Crippen LogP contribution in [0.2, 0.25) is 0 Å². The van der Waals surface area contributed by atoms with E-state index in [4.69, 9.17) is 10.7 Å². The number of imidazole rings is 1. The van der Waals surface area contributed by atoms with Crippen molar-refractivity contribution in [2.24, 2.45) is 11.7 Å². The van der Waals surface area contributed by atoms with Gasteiger partial charge < -0.3 is 15.6 Å². The Balaban J connectivity index is 0.00000156. The zero-order chi connectivity index (χ0) is 16.4. The van der Waals surface area contributed by atoms with E-state index in [0.717, 1.165) is 42.7 Å². The molecule has 1 heterocycles. The Hall–Kier alpha value is -1.30. The van der Waals surface area contributed by atoms with Gasteiger partial charge in [0.05, 0.1) is 17.1 Å². The van der Waals surface area contributed by atoms with Crippen molar-refractivity contribution in [3.05, 3.63) is 30.1 Å². The van der Waals surface area contributed by atoms with E-state index in [0.29, 0.717) is 12.3 Å². The molecule has 1 aliphatic carbocycles. The van der Waals surface area contributed by atoms with E-state index in [9.17, 15) is 4.79 Å². The van der Waals surface area contributed by atoms with Gasteiger partial charge in [-0.05, 0) is 44.7 Å². The van der Waals surface area contributed by atoms with Crippen LogP contribution in [0.3, 0.4) is 0 Å². The molecule has 0 saturated heterocycles. The van der Waals surface area contributed by atoms with Crippen LogP contribution >= 0.6 is 24.8 Å². The molecule has 0 spiro atoms. The van der Waals surface area contributed by atoms with Gasteiger partial charge in [-0.15, -0.1) is 24.8 Å². The Morgan fingerprint density at radius 1 is 1.36 bits per heavy atom. The summed E-state index contributed by atoms with van der Waals surface area (Å²) in [7, 11) is 0. The predicted molar refractivity (Wildman–Crippen MR) is 106 cm³/mol. The first-order valence-electron chi connectivity index (χ1n) is 8.60. The first-order chi connectivity index (χ1) is 11.1. The average Bonchev–Trinajstić information content (AvgIpc) is 3.10. The number of nitrogens with zero attached hydrogens (tertiary/aromatic N) is 2. The van der Waals surface area contributed by atoms with Crippen LogP contribution < -0.4 is 11.1 Å². The highest BCUT2D eigenvalue weighted by atomic mass is 35.5. The van der Waals surface area contributed by atoms with Crippen LogP contribution in [0.4, 0.5) is 0 Å². The molecule has 0 radical (unpaired) electrons. The van der Waals surface area contributed by atoms with E-state index in [1.807, 2.05) is 25.1 Å². The largest absolute Gasteiger partial charge is 0.346 e. The Morgan fingerprint density at radius 3 is 2.72 bits per heavy atom. The number of rotatable bonds is 5. The van der Waals surface area contributed by atoms with Crippen LogP contribution in [0.5, 0.6) is 0 Å². The highest BCUT2D eigenvalue weighted by Gasteiger charge is 2.27. The van der Waals surface area contributed by atoms with E-state index in [-0.39, 0.29) is 42.8 Å². The molecule has 3 rings (SSSR count). The molecule has 1 saturated carbocycles. The number of para-hydroxylation sites is 2. The normalized spacial score (nSPS) is 20.6. The van der Waals surface area contributed by atoms with Crippen molar-refractivity contribution >= 4 is 41.8 Å². The molecule has 1 aromatic carbocycles. The fourth-order valence-corrected chi connectivity index (χ4v) is 3.68. The van der Waals surface area contributed by atoms with Gasteiger partial charge >= 0.3 is 0 Å². The quantitative estimate of drug-likeness (QED) is 0.824. The number of nitrogens with one attached hydrogen (secondary N) is 1. The second kappa shape index (κ2) is 9.41. The summed E-state index contributed by atoms with van der Waals surface area (Å²) < 4.78 is 2.17. The maximum absolute atomic E-state index is 12.3. The molecule has 0 bridgehead atoms. The van der Waals surface area contributed by atoms with Gasteiger partial charge in [0.25, 0.3) is 0 Å². The Morgan fingerprint density at radius 2 is 2.08 bits per heavy atom. The van der Waals surface area contributed by atoms with E-state index in [1.54, 1.807) is 0 Å². The van der Waals surface area contributed by atoms with Crippen LogP contribution in [-0.2, 0) is 11.3 Å². The summed E-state index contributed by atoms with van der Waals surface area (Å²) in [6, 6.07) is 8.16. The summed E-state index contributed by atoms with van der Waals surface area (Å²) in [6.45, 7) is 4.94. The Kier molecular flexibility index (Phi) is 8.19. The summed E-state index contributed by atoms with van der Waals surface area (Å²) in [5.41, 5.74) is 8.16. The van der Waals surface area contributed by atoms with Crippen molar-refractivity contribution in [3.8, 4) is 0 Å². The van der Waals surface area contributed by atoms with E-state index < -0.39 is 0 Å². The van der Waals surface area contributed by atoms with Crippen LogP contribution in [0.1, 0.15) is 51.4 Å². The van der Waals surface area contributed by atoms with Crippen molar-refractivity contribution in [1.82, 2.24) is 14.9 Å². The third kappa shape index (κ3) is 4.66. The molecule has 140 valence electrons. The minimum Gasteiger partial charge on any atom is -0.346 e. The van der Waals surface area contributed by atoms with E-state index >= 15 is 0 Å². The molecule has 2 aromatic rings. The highest BCUT2D eigenvalue weighted by molar-refractivity contribution is 5.85. The maximum Gasteiger partial charge on any atom is 0.220 e. The Labute approximate surface area is 161 Å². The number of amides is 1. The molecule has 5 nitrogen and oxygen atoms in total. The zero-order valence-corrected chi connectivity index (χ0v) is 16.4. The lowest BCUT2D eigenvalue weighted by Gasteiger charge is -2.18. The summed E-state index contributed by atoms with van der Waals surface area (Å²) in [5, 5.41) is 3.10. The third-order valence-corrected chi connectivity index (χ3v) is 4.93. The highest BCUT2D eigenvalue weighted by Crippen LogP contribution is 2.27. The number of aryl methyl sites for hydroxylation is 1. The number of halogens is 2. The lowest BCUT2D eigenvalue weighted by molar-refractivity contribution is -0.122. The van der Waals surface area contributed by atoms with Crippen LogP contribution in [0, 0.1) is 5.92 Å². The molecule has 25 heavy (non-hydrogen) atoms. The number of aromatic nitrogens is 2. The van der Waals surface area contributed by atoms with Gasteiger partial charge in [0.15, 0.2) is 0 Å². The van der Waals surface area contributed by atoms with E-state index in [2.05, 4.69) is 22.9 Å². The predicted octanol–water partition coefficient (Wildman–Crippen LogP) is 3.59. The molecular weight excluding hydrogens is 359 g/mol. The van der Waals surface area contributed by atoms with Gasteiger partial charge in [0.1, 0.15) is 5.82 Å². The molecule has 3 N–H and O–H groups in total. The molecule has 1 aromatic heterocycles. The van der Waals surface area contributed by atoms with Crippen LogP contribution in [0.15, 0.2) is 24.3 Å². The standard InChI is InChI=1S/C18H26N4O.2ClH/c1-3-22-16-10-5-4-9-15(16)21-18(22)12(2)20-17(23)11-13-7-6-8-14(13)19;;/h4-5,9-10,12-14H,3,6-8,11,19H2,1-2H3,(H,20,23);2*1H/t12?,13-,14+;;/m0../s1. The summed E-state index contributed by atoms with van der Waals surface area (Å²) >= 11 is 0. The van der Waals surface area contributed by atoms with Gasteiger partial charge in [-0.3, -0.25) is 4.79 Å². The first kappa shape index (κ1) is 21.7. The van der Waals surface area contributed by atoms with Crippen molar-refractivity contribution in [2.45, 2.75) is 58.2 Å². The smallest absolute Gasteiger partial charge is 0.220 e. The van der Waals surface area contributed by atoms with Gasteiger partial charge in [0, 0.05) is 19.0 Å². The maximum atomic E-state index is 12.3. The SMILES string of the molecule is CCn1c(C(C)NC(=O)C[C@@H]2CCC[C@H]2N)nc2ccccc21.Cl.Cl. The lowest BCUT2D eigenvalue weighted by Crippen LogP contribution is -2.33. The summed E-state index contributed by atoms with van der Waals surface area (Å²) in [4.78, 5) is 17.0. The minimum absolute atomic E-state index is 0. The van der Waals surface area contributed by atoms with Gasteiger partial charge in [-0.2, -0.15) is 0 Å². The second-order valence-electron chi connectivity index (χ2n) is 6.55. The molecule has 1 amide bonds. The molecule has 1 fully saturated rings. The Bertz CT molecular complexity index is 703. The van der Waals surface area contributed by atoms with Gasteiger partial charge in [0.2, 0.25) is 5.91 Å². The molecular formula is C18H28Cl2N4O. The second-order valence-corrected chi connectivity index (χ2v) is 6.55. The average molecular weight is 387 g/mol. The van der Waals surface area contributed by atoms with Gasteiger partial charge in [-0.25, -0.2) is 4.98 Å². The number of hydrogen-bond donors (Lipinski definition) is 2. The zero-order valence-electron chi connectivity index (χ0n) is 14.8. The molecule has 0 aliphatic heterocycles. The number of benzene rings is 1. The number of fused-ring (bicyclic) bond motifs is 1. The molecule has 1 unspecified atom stereocenters. The van der Waals surface area contributed by atoms with Crippen LogP contribution in [-0.4, -0.2) is 21.5 Å². The topological polar surface area (TPSA) is 72.9 Å².